The largest absolute Gasteiger partial charge is 0.394 e. The van der Waals surface area contributed by atoms with Crippen molar-refractivity contribution in [1.29, 1.82) is 0 Å². The number of aliphatic hydroxyl groups is 1. The average Bonchev–Trinajstić information content (AvgIpc) is 2.53. The molecular weight excluding hydrogens is 298 g/mol. The van der Waals surface area contributed by atoms with Crippen LogP contribution in [0.1, 0.15) is 18.9 Å². The molecule has 3 atom stereocenters. The molecule has 0 fully saturated rings. The number of hydrogen-bond donors (Lipinski definition) is 4. The van der Waals surface area contributed by atoms with Crippen LogP contribution in [0.25, 0.3) is 0 Å². The Morgan fingerprint density at radius 2 is 1.83 bits per heavy atom. The van der Waals surface area contributed by atoms with Gasteiger partial charge in [-0.1, -0.05) is 30.3 Å². The lowest BCUT2D eigenvalue weighted by atomic mass is 9.91. The molecule has 0 aliphatic carbocycles. The van der Waals surface area contributed by atoms with E-state index in [1.54, 1.807) is 0 Å². The quantitative estimate of drug-likeness (QED) is 0.468. The fourth-order valence-corrected chi connectivity index (χ4v) is 2.05. The van der Waals surface area contributed by atoms with Crippen LogP contribution in [-0.2, 0) is 20.8 Å². The summed E-state index contributed by atoms with van der Waals surface area (Å²) in [5.74, 6) is -2.20. The molecule has 0 heterocycles. The van der Waals surface area contributed by atoms with Crippen molar-refractivity contribution < 1.29 is 19.5 Å². The number of primary amides is 1. The lowest BCUT2D eigenvalue weighted by Crippen LogP contribution is -2.46. The van der Waals surface area contributed by atoms with Gasteiger partial charge in [-0.3, -0.25) is 14.4 Å². The number of hydrogen-bond acceptors (Lipinski definition) is 5. The standard InChI is InChI=1S/C16H23N3O4/c1-10(15(18)22)19-16(23)12(8-14(21)13(17)9-20)7-11-5-3-2-4-6-11/h2-6,10,12-13,20H,7-9,17H2,1H3,(H2,18,22)(H,19,23)/t10-,12+,13-/m0/s1. The molecule has 0 aliphatic rings. The summed E-state index contributed by atoms with van der Waals surface area (Å²) in [6, 6.07) is 7.34. The molecule has 23 heavy (non-hydrogen) atoms. The minimum absolute atomic E-state index is 0.117. The second-order valence-electron chi connectivity index (χ2n) is 5.48. The molecule has 1 aromatic carbocycles. The third-order valence-electron chi connectivity index (χ3n) is 3.54. The van der Waals surface area contributed by atoms with E-state index in [0.717, 1.165) is 5.56 Å². The summed E-state index contributed by atoms with van der Waals surface area (Å²) in [4.78, 5) is 35.4. The first kappa shape index (κ1) is 18.8. The van der Waals surface area contributed by atoms with Crippen molar-refractivity contribution in [2.45, 2.75) is 31.8 Å². The molecule has 0 radical (unpaired) electrons. The van der Waals surface area contributed by atoms with Crippen molar-refractivity contribution in [2.24, 2.45) is 17.4 Å². The van der Waals surface area contributed by atoms with Crippen LogP contribution < -0.4 is 16.8 Å². The van der Waals surface area contributed by atoms with E-state index in [-0.39, 0.29) is 6.42 Å². The van der Waals surface area contributed by atoms with E-state index in [0.29, 0.717) is 6.42 Å². The molecule has 7 heteroatoms. The Morgan fingerprint density at radius 3 is 2.35 bits per heavy atom. The lowest BCUT2D eigenvalue weighted by molar-refractivity contribution is -0.132. The molecule has 6 N–H and O–H groups in total. The van der Waals surface area contributed by atoms with Gasteiger partial charge in [-0.25, -0.2) is 0 Å². The van der Waals surface area contributed by atoms with Crippen LogP contribution in [0.5, 0.6) is 0 Å². The normalized spacial score (nSPS) is 14.6. The monoisotopic (exact) mass is 321 g/mol. The van der Waals surface area contributed by atoms with Crippen LogP contribution in [-0.4, -0.2) is 41.4 Å². The zero-order chi connectivity index (χ0) is 17.4. The molecule has 7 nitrogen and oxygen atoms in total. The van der Waals surface area contributed by atoms with Gasteiger partial charge >= 0.3 is 0 Å². The highest BCUT2D eigenvalue weighted by atomic mass is 16.3. The van der Waals surface area contributed by atoms with Gasteiger partial charge in [0, 0.05) is 12.3 Å². The predicted molar refractivity (Wildman–Crippen MR) is 85.1 cm³/mol. The van der Waals surface area contributed by atoms with Crippen LogP contribution in [0, 0.1) is 5.92 Å². The summed E-state index contributed by atoms with van der Waals surface area (Å²) in [6.45, 7) is 0.997. The predicted octanol–water partition coefficient (Wildman–Crippen LogP) is -0.886. The Labute approximate surface area is 135 Å². The first-order valence-corrected chi connectivity index (χ1v) is 7.38. The molecule has 0 bridgehead atoms. The number of carbonyl (C=O) groups is 3. The third kappa shape index (κ3) is 6.17. The molecule has 0 saturated carbocycles. The van der Waals surface area contributed by atoms with E-state index in [1.807, 2.05) is 30.3 Å². The molecule has 0 saturated heterocycles. The van der Waals surface area contributed by atoms with E-state index >= 15 is 0 Å². The summed E-state index contributed by atoms with van der Waals surface area (Å²) in [6.07, 6.45) is 0.204. The summed E-state index contributed by atoms with van der Waals surface area (Å²) in [7, 11) is 0. The first-order valence-electron chi connectivity index (χ1n) is 7.38. The van der Waals surface area contributed by atoms with Gasteiger partial charge in [0.15, 0.2) is 5.78 Å². The maximum absolute atomic E-state index is 12.3. The van der Waals surface area contributed by atoms with Crippen molar-refractivity contribution >= 4 is 17.6 Å². The number of nitrogens with one attached hydrogen (secondary N) is 1. The number of aliphatic hydroxyl groups excluding tert-OH is 1. The number of rotatable bonds is 9. The van der Waals surface area contributed by atoms with Gasteiger partial charge in [0.2, 0.25) is 11.8 Å². The van der Waals surface area contributed by atoms with Crippen molar-refractivity contribution in [3.63, 3.8) is 0 Å². The number of Topliss-reactive ketones (excluding diaryl/α,β-unsaturated/α-hetero) is 1. The minimum atomic E-state index is -1.02. The van der Waals surface area contributed by atoms with Crippen molar-refractivity contribution in [2.75, 3.05) is 6.61 Å². The smallest absolute Gasteiger partial charge is 0.239 e. The molecule has 0 aliphatic heterocycles. The van der Waals surface area contributed by atoms with Gasteiger partial charge in [0.1, 0.15) is 6.04 Å². The van der Waals surface area contributed by atoms with Gasteiger partial charge in [0.05, 0.1) is 12.6 Å². The molecule has 2 amide bonds. The molecule has 126 valence electrons. The highest BCUT2D eigenvalue weighted by Crippen LogP contribution is 2.14. The molecule has 0 spiro atoms. The van der Waals surface area contributed by atoms with E-state index in [4.69, 9.17) is 16.6 Å². The fourth-order valence-electron chi connectivity index (χ4n) is 2.05. The van der Waals surface area contributed by atoms with E-state index in [9.17, 15) is 14.4 Å². The molecule has 1 aromatic rings. The number of ketones is 1. The topological polar surface area (TPSA) is 136 Å². The van der Waals surface area contributed by atoms with Gasteiger partial charge in [0.25, 0.3) is 0 Å². The molecule has 0 aromatic heterocycles. The van der Waals surface area contributed by atoms with E-state index in [2.05, 4.69) is 5.32 Å². The highest BCUT2D eigenvalue weighted by Gasteiger charge is 2.26. The number of amides is 2. The first-order chi connectivity index (χ1) is 10.8. The summed E-state index contributed by atoms with van der Waals surface area (Å²) < 4.78 is 0. The number of benzene rings is 1. The number of carbonyl (C=O) groups excluding carboxylic acids is 3. The van der Waals surface area contributed by atoms with Crippen LogP contribution in [0.4, 0.5) is 0 Å². The number of nitrogens with two attached hydrogens (primary N) is 2. The zero-order valence-corrected chi connectivity index (χ0v) is 13.1. The highest BCUT2D eigenvalue weighted by molar-refractivity contribution is 5.92. The molecule has 1 rings (SSSR count). The second-order valence-corrected chi connectivity index (χ2v) is 5.48. The van der Waals surface area contributed by atoms with Gasteiger partial charge in [-0.05, 0) is 18.9 Å². The van der Waals surface area contributed by atoms with E-state index < -0.39 is 42.2 Å². The minimum Gasteiger partial charge on any atom is -0.394 e. The summed E-state index contributed by atoms with van der Waals surface area (Å²) >= 11 is 0. The van der Waals surface area contributed by atoms with Gasteiger partial charge in [-0.2, -0.15) is 0 Å². The average molecular weight is 321 g/mol. The SMILES string of the molecule is C[C@H](NC(=O)[C@@H](CC(=O)[C@@H](N)CO)Cc1ccccc1)C(N)=O. The van der Waals surface area contributed by atoms with Crippen LogP contribution >= 0.6 is 0 Å². The Balaban J connectivity index is 2.84. The lowest BCUT2D eigenvalue weighted by Gasteiger charge is -2.19. The molecular formula is C16H23N3O4. The van der Waals surface area contributed by atoms with Crippen LogP contribution in [0.15, 0.2) is 30.3 Å². The maximum Gasteiger partial charge on any atom is 0.239 e. The Bertz CT molecular complexity index is 548. The summed E-state index contributed by atoms with van der Waals surface area (Å²) in [5.41, 5.74) is 11.5. The Hall–Kier alpha value is -2.25. The third-order valence-corrected chi connectivity index (χ3v) is 3.54. The second kappa shape index (κ2) is 9.02. The van der Waals surface area contributed by atoms with E-state index in [1.165, 1.54) is 6.92 Å². The van der Waals surface area contributed by atoms with Crippen LogP contribution in [0.2, 0.25) is 0 Å². The van der Waals surface area contributed by atoms with Gasteiger partial charge < -0.3 is 21.9 Å². The molecule has 0 unspecified atom stereocenters. The Kier molecular flexibility index (Phi) is 7.37. The van der Waals surface area contributed by atoms with Crippen molar-refractivity contribution in [1.82, 2.24) is 5.32 Å². The maximum atomic E-state index is 12.3. The van der Waals surface area contributed by atoms with Crippen LogP contribution in [0.3, 0.4) is 0 Å². The summed E-state index contributed by atoms with van der Waals surface area (Å²) in [5, 5.41) is 11.5. The van der Waals surface area contributed by atoms with Crippen molar-refractivity contribution in [3.8, 4) is 0 Å². The fraction of sp³-hybridized carbons (Fsp3) is 0.438. The van der Waals surface area contributed by atoms with Gasteiger partial charge in [-0.15, -0.1) is 0 Å². The Morgan fingerprint density at radius 1 is 1.22 bits per heavy atom. The van der Waals surface area contributed by atoms with Crippen molar-refractivity contribution in [3.05, 3.63) is 35.9 Å². The zero-order valence-electron chi connectivity index (χ0n) is 13.1.